The van der Waals surface area contributed by atoms with Gasteiger partial charge in [-0.25, -0.2) is 10.1 Å². The molecule has 0 bridgehead atoms. The summed E-state index contributed by atoms with van der Waals surface area (Å²) in [5, 5.41) is 29.8. The van der Waals surface area contributed by atoms with Crippen LogP contribution in [0.2, 0.25) is 0 Å². The predicted octanol–water partition coefficient (Wildman–Crippen LogP) is -0.623. The summed E-state index contributed by atoms with van der Waals surface area (Å²) in [6.07, 6.45) is 3.69. The first kappa shape index (κ1) is 21.3. The number of carbonyl (C=O) groups excluding carboxylic acids is 1. The van der Waals surface area contributed by atoms with Crippen LogP contribution >= 0.6 is 0 Å². The molecule has 0 aliphatic carbocycles. The largest absolute Gasteiger partial charge is 0.377 e. The van der Waals surface area contributed by atoms with Gasteiger partial charge in [0.2, 0.25) is 0 Å². The Hall–Kier alpha value is -4.53. The maximum atomic E-state index is 13.0. The Morgan fingerprint density at radius 1 is 1.32 bits per heavy atom. The third-order valence-corrected chi connectivity index (χ3v) is 5.50. The maximum Gasteiger partial charge on any atom is 0.377 e. The number of nitrogens with zero attached hydrogens (tertiary/aromatic N) is 10. The molecule has 3 aromatic heterocycles. The summed E-state index contributed by atoms with van der Waals surface area (Å²) in [6, 6.07) is 7.46. The lowest BCUT2D eigenvalue weighted by Gasteiger charge is -2.12. The van der Waals surface area contributed by atoms with E-state index in [-0.39, 0.29) is 17.3 Å². The fraction of sp³-hybridized carbons (Fsp3) is 0.316. The van der Waals surface area contributed by atoms with Gasteiger partial charge in [0, 0.05) is 0 Å². The van der Waals surface area contributed by atoms with Gasteiger partial charge in [-0.15, -0.1) is 15.0 Å². The number of amides is 1. The van der Waals surface area contributed by atoms with Gasteiger partial charge in [-0.05, 0) is 71.2 Å². The van der Waals surface area contributed by atoms with Gasteiger partial charge in [0.25, 0.3) is 11.5 Å². The molecule has 15 heteroatoms. The number of benzene rings is 1. The molecular formula is C19H22N13O2+. The quantitative estimate of drug-likeness (QED) is 0.181. The zero-order valence-electron chi connectivity index (χ0n) is 18.3. The number of nitrogens with two attached hydrogens (primary N) is 1. The Labute approximate surface area is 192 Å². The van der Waals surface area contributed by atoms with Crippen molar-refractivity contribution in [1.29, 1.82) is 0 Å². The molecule has 34 heavy (non-hydrogen) atoms. The van der Waals surface area contributed by atoms with Gasteiger partial charge in [0.1, 0.15) is 11.5 Å². The van der Waals surface area contributed by atoms with E-state index in [2.05, 4.69) is 51.6 Å². The van der Waals surface area contributed by atoms with Gasteiger partial charge < -0.3 is 5.73 Å². The lowest BCUT2D eigenvalue weighted by atomic mass is 10.1. The van der Waals surface area contributed by atoms with Gasteiger partial charge in [-0.1, -0.05) is 12.1 Å². The van der Waals surface area contributed by atoms with Crippen molar-refractivity contribution in [3.05, 3.63) is 47.5 Å². The minimum atomic E-state index is -0.477. The molecule has 174 valence electrons. The predicted molar refractivity (Wildman–Crippen MR) is 116 cm³/mol. The number of hydrogen-bond donors (Lipinski definition) is 3. The van der Waals surface area contributed by atoms with Crippen molar-refractivity contribution in [3.63, 3.8) is 0 Å². The number of nitrogen functional groups attached to an aromatic ring is 1. The van der Waals surface area contributed by atoms with E-state index in [0.717, 1.165) is 37.2 Å². The van der Waals surface area contributed by atoms with Crippen LogP contribution in [0.15, 0.2) is 40.3 Å². The van der Waals surface area contributed by atoms with Gasteiger partial charge in [-0.3, -0.25) is 9.69 Å². The number of H-pyrrole nitrogens is 1. The van der Waals surface area contributed by atoms with Crippen LogP contribution in [0.25, 0.3) is 11.5 Å². The summed E-state index contributed by atoms with van der Waals surface area (Å²) in [6.45, 7) is 4.11. The van der Waals surface area contributed by atoms with Crippen LogP contribution in [0.4, 0.5) is 5.82 Å². The number of likely N-dealkylation sites (tertiary alicyclic amines) is 1. The van der Waals surface area contributed by atoms with Crippen molar-refractivity contribution in [2.45, 2.75) is 26.3 Å². The second-order valence-corrected chi connectivity index (χ2v) is 7.74. The Balaban J connectivity index is 1.39. The van der Waals surface area contributed by atoms with E-state index < -0.39 is 5.91 Å². The summed E-state index contributed by atoms with van der Waals surface area (Å²) in [5.41, 5.74) is 11.4. The first-order valence-electron chi connectivity index (χ1n) is 10.6. The Bertz CT molecular complexity index is 1320. The minimum Gasteiger partial charge on any atom is -0.375 e. The number of aromatic amines is 1. The molecule has 4 aromatic rings. The van der Waals surface area contributed by atoms with E-state index in [4.69, 9.17) is 10.4 Å². The van der Waals surface area contributed by atoms with Gasteiger partial charge in [-0.2, -0.15) is 9.73 Å². The van der Waals surface area contributed by atoms with Crippen LogP contribution in [0.3, 0.4) is 0 Å². The number of rotatable bonds is 7. The first-order chi connectivity index (χ1) is 16.6. The zero-order valence-corrected chi connectivity index (χ0v) is 18.3. The summed E-state index contributed by atoms with van der Waals surface area (Å²) in [5.74, 6) is -0.158. The van der Waals surface area contributed by atoms with Crippen molar-refractivity contribution >= 4 is 17.4 Å². The third-order valence-electron chi connectivity index (χ3n) is 5.50. The van der Waals surface area contributed by atoms with Gasteiger partial charge in [0.15, 0.2) is 5.69 Å². The number of anilines is 1. The molecule has 4 N–H and O–H groups in total. The normalized spacial score (nSPS) is 14.6. The van der Waals surface area contributed by atoms with Crippen LogP contribution in [0.1, 0.15) is 41.5 Å². The molecule has 5 rings (SSSR count). The highest BCUT2D eigenvalue weighted by Crippen LogP contribution is 2.15. The number of tetrazole rings is 1. The number of aromatic nitrogens is 9. The molecular weight excluding hydrogens is 442 g/mol. The SMILES string of the molecule is C/C(=N/NC(=O)c1n[nH][n+](-c2nonc2N)c1CN1CCCC1)c1cccc(-n2cnnn2)c1. The third kappa shape index (κ3) is 4.23. The number of hydrogen-bond acceptors (Lipinski definition) is 11. The second-order valence-electron chi connectivity index (χ2n) is 7.74. The molecule has 0 unspecified atom stereocenters. The van der Waals surface area contributed by atoms with E-state index in [9.17, 15) is 4.79 Å². The lowest BCUT2D eigenvalue weighted by molar-refractivity contribution is -0.671. The summed E-state index contributed by atoms with van der Waals surface area (Å²) < 4.78 is 7.76. The average Bonchev–Trinajstić information content (AvgIpc) is 3.66. The Morgan fingerprint density at radius 3 is 2.91 bits per heavy atom. The zero-order chi connectivity index (χ0) is 23.5. The van der Waals surface area contributed by atoms with E-state index in [1.54, 1.807) is 6.92 Å². The molecule has 0 saturated carbocycles. The Morgan fingerprint density at radius 2 is 2.18 bits per heavy atom. The highest BCUT2D eigenvalue weighted by Gasteiger charge is 2.32. The van der Waals surface area contributed by atoms with Crippen LogP contribution in [-0.4, -0.2) is 70.4 Å². The molecule has 0 atom stereocenters. The molecule has 1 aromatic carbocycles. The van der Waals surface area contributed by atoms with Crippen LogP contribution in [0.5, 0.6) is 0 Å². The molecule has 1 saturated heterocycles. The van der Waals surface area contributed by atoms with Crippen LogP contribution < -0.4 is 15.8 Å². The lowest BCUT2D eigenvalue weighted by Crippen LogP contribution is -2.41. The second kappa shape index (κ2) is 9.14. The molecule has 4 heterocycles. The molecule has 0 spiro atoms. The van der Waals surface area contributed by atoms with Crippen molar-refractivity contribution in [2.24, 2.45) is 5.10 Å². The highest BCUT2D eigenvalue weighted by molar-refractivity contribution is 6.00. The van der Waals surface area contributed by atoms with E-state index in [1.807, 2.05) is 24.3 Å². The maximum absolute atomic E-state index is 13.0. The molecule has 15 nitrogen and oxygen atoms in total. The van der Waals surface area contributed by atoms with Crippen molar-refractivity contribution in [3.8, 4) is 11.5 Å². The fourth-order valence-corrected chi connectivity index (χ4v) is 3.74. The highest BCUT2D eigenvalue weighted by atomic mass is 16.6. The Kier molecular flexibility index (Phi) is 5.73. The monoisotopic (exact) mass is 464 g/mol. The summed E-state index contributed by atoms with van der Waals surface area (Å²) in [7, 11) is 0. The number of carbonyl (C=O) groups is 1. The van der Waals surface area contributed by atoms with Crippen LogP contribution in [-0.2, 0) is 6.54 Å². The molecule has 1 aliphatic rings. The topological polar surface area (TPSA) is 186 Å². The average molecular weight is 464 g/mol. The molecule has 0 radical (unpaired) electrons. The molecule has 1 amide bonds. The van der Waals surface area contributed by atoms with Crippen molar-refractivity contribution in [2.75, 3.05) is 18.8 Å². The van der Waals surface area contributed by atoms with Crippen molar-refractivity contribution in [1.82, 2.24) is 51.2 Å². The molecule has 1 fully saturated rings. The minimum absolute atomic E-state index is 0.0830. The first-order valence-corrected chi connectivity index (χ1v) is 10.6. The van der Waals surface area contributed by atoms with E-state index in [0.29, 0.717) is 18.0 Å². The van der Waals surface area contributed by atoms with Gasteiger partial charge >= 0.3 is 11.7 Å². The molecule has 1 aliphatic heterocycles. The standard InChI is InChI=1S/C19H21N13O2/c1-12(13-5-4-6-14(9-13)31-11-21-27-29-31)22-24-19(33)16-15(10-30-7-2-3-8-30)32(28-23-16)18-17(20)25-34-26-18/h4-6,9,11H,2-3,7-8,10H2,1H3,(H3,20,24,25,33)/p+1/b22-12-. The smallest absolute Gasteiger partial charge is 0.375 e. The summed E-state index contributed by atoms with van der Waals surface area (Å²) >= 11 is 0. The number of nitrogens with one attached hydrogen (secondary N) is 2. The van der Waals surface area contributed by atoms with E-state index in [1.165, 1.54) is 15.7 Å². The fourth-order valence-electron chi connectivity index (χ4n) is 3.74. The van der Waals surface area contributed by atoms with Crippen molar-refractivity contribution < 1.29 is 14.1 Å². The summed E-state index contributed by atoms with van der Waals surface area (Å²) in [4.78, 5) is 15.3. The van der Waals surface area contributed by atoms with Gasteiger partial charge in [0.05, 0.1) is 17.9 Å². The van der Waals surface area contributed by atoms with Crippen LogP contribution in [0, 0.1) is 0 Å². The van der Waals surface area contributed by atoms with E-state index >= 15 is 0 Å². The number of hydrazone groups is 1.